The minimum absolute atomic E-state index is 0.00810. The van der Waals surface area contributed by atoms with E-state index < -0.39 is 18.2 Å². The van der Waals surface area contributed by atoms with Gasteiger partial charge in [-0.05, 0) is 12.1 Å². The first-order valence-electron chi connectivity index (χ1n) is 5.30. The third-order valence-corrected chi connectivity index (χ3v) is 3.34. The summed E-state index contributed by atoms with van der Waals surface area (Å²) in [5.74, 6) is -1.82. The van der Waals surface area contributed by atoms with Crippen LogP contribution in [-0.4, -0.2) is 16.1 Å². The second-order valence-electron chi connectivity index (χ2n) is 3.80. The highest BCUT2D eigenvalue weighted by molar-refractivity contribution is 6.43. The average molecular weight is 300 g/mol. The Morgan fingerprint density at radius 2 is 2.05 bits per heavy atom. The first-order valence-corrected chi connectivity index (χ1v) is 6.06. The SMILES string of the molecule is O=C(O)Cc1ccnc(-c2cccc(Cl)c2Cl)c1F. The standard InChI is InChI=1S/C13H8Cl2FNO2/c14-9-3-1-2-8(11(9)15)13-12(16)7(4-5-17-13)6-10(18)19/h1-5H,6H2,(H,18,19). The molecule has 1 heterocycles. The van der Waals surface area contributed by atoms with Crippen molar-refractivity contribution in [2.75, 3.05) is 0 Å². The lowest BCUT2D eigenvalue weighted by Crippen LogP contribution is -2.04. The Bertz CT molecular complexity index is 647. The van der Waals surface area contributed by atoms with E-state index in [0.29, 0.717) is 5.56 Å². The van der Waals surface area contributed by atoms with Crippen molar-refractivity contribution in [1.29, 1.82) is 0 Å². The number of aromatic nitrogens is 1. The molecule has 0 aliphatic rings. The van der Waals surface area contributed by atoms with Gasteiger partial charge in [0.25, 0.3) is 0 Å². The van der Waals surface area contributed by atoms with Gasteiger partial charge in [-0.1, -0.05) is 35.3 Å². The quantitative estimate of drug-likeness (QED) is 0.937. The van der Waals surface area contributed by atoms with Gasteiger partial charge in [-0.25, -0.2) is 4.39 Å². The first-order chi connectivity index (χ1) is 9.00. The maximum absolute atomic E-state index is 14.2. The zero-order chi connectivity index (χ0) is 14.0. The van der Waals surface area contributed by atoms with Crippen LogP contribution in [0, 0.1) is 5.82 Å². The molecule has 0 amide bonds. The number of carbonyl (C=O) groups is 1. The highest BCUT2D eigenvalue weighted by Gasteiger charge is 2.16. The van der Waals surface area contributed by atoms with Gasteiger partial charge < -0.3 is 5.11 Å². The minimum atomic E-state index is -1.12. The molecule has 3 nitrogen and oxygen atoms in total. The third-order valence-electron chi connectivity index (χ3n) is 2.52. The summed E-state index contributed by atoms with van der Waals surface area (Å²) in [5.41, 5.74) is 0.374. The smallest absolute Gasteiger partial charge is 0.307 e. The predicted molar refractivity (Wildman–Crippen MR) is 71.0 cm³/mol. The minimum Gasteiger partial charge on any atom is -0.481 e. The van der Waals surface area contributed by atoms with Gasteiger partial charge in [0.1, 0.15) is 5.69 Å². The van der Waals surface area contributed by atoms with E-state index in [4.69, 9.17) is 28.3 Å². The van der Waals surface area contributed by atoms with Gasteiger partial charge in [-0.2, -0.15) is 0 Å². The number of carboxylic acids is 1. The molecular weight excluding hydrogens is 292 g/mol. The van der Waals surface area contributed by atoms with Gasteiger partial charge in [0.2, 0.25) is 0 Å². The molecule has 1 aromatic heterocycles. The molecule has 19 heavy (non-hydrogen) atoms. The molecule has 0 spiro atoms. The maximum Gasteiger partial charge on any atom is 0.307 e. The van der Waals surface area contributed by atoms with Crippen molar-refractivity contribution in [3.63, 3.8) is 0 Å². The summed E-state index contributed by atoms with van der Waals surface area (Å²) >= 11 is 11.9. The fraction of sp³-hybridized carbons (Fsp3) is 0.0769. The van der Waals surface area contributed by atoms with Gasteiger partial charge in [-0.15, -0.1) is 0 Å². The lowest BCUT2D eigenvalue weighted by molar-refractivity contribution is -0.136. The van der Waals surface area contributed by atoms with Crippen LogP contribution in [-0.2, 0) is 11.2 Å². The lowest BCUT2D eigenvalue weighted by atomic mass is 10.1. The molecule has 0 bridgehead atoms. The summed E-state index contributed by atoms with van der Waals surface area (Å²) < 4.78 is 14.2. The Labute approximate surface area is 118 Å². The Morgan fingerprint density at radius 1 is 1.32 bits per heavy atom. The van der Waals surface area contributed by atoms with Crippen LogP contribution in [0.4, 0.5) is 4.39 Å². The van der Waals surface area contributed by atoms with E-state index in [1.54, 1.807) is 18.2 Å². The van der Waals surface area contributed by atoms with Crippen LogP contribution in [0.2, 0.25) is 10.0 Å². The molecule has 1 N–H and O–H groups in total. The number of benzene rings is 1. The number of nitrogens with zero attached hydrogens (tertiary/aromatic N) is 1. The van der Waals surface area contributed by atoms with E-state index in [9.17, 15) is 9.18 Å². The zero-order valence-electron chi connectivity index (χ0n) is 9.53. The molecule has 0 unspecified atom stereocenters. The summed E-state index contributed by atoms with van der Waals surface area (Å²) in [7, 11) is 0. The van der Waals surface area contributed by atoms with Gasteiger partial charge in [0.15, 0.2) is 5.82 Å². The molecule has 0 aliphatic carbocycles. The van der Waals surface area contributed by atoms with Crippen LogP contribution >= 0.6 is 23.2 Å². The number of aliphatic carboxylic acids is 1. The van der Waals surface area contributed by atoms with Gasteiger partial charge >= 0.3 is 5.97 Å². The molecule has 98 valence electrons. The molecule has 0 atom stereocenters. The largest absolute Gasteiger partial charge is 0.481 e. The number of carboxylic acid groups (broad SMARTS) is 1. The average Bonchev–Trinajstić information content (AvgIpc) is 2.35. The Balaban J connectivity index is 2.57. The molecule has 0 radical (unpaired) electrons. The molecular formula is C13H8Cl2FNO2. The summed E-state index contributed by atoms with van der Waals surface area (Å²) in [6.45, 7) is 0. The first kappa shape index (κ1) is 13.8. The van der Waals surface area contributed by atoms with Crippen LogP contribution in [0.15, 0.2) is 30.5 Å². The highest BCUT2D eigenvalue weighted by atomic mass is 35.5. The second-order valence-corrected chi connectivity index (χ2v) is 4.59. The Kier molecular flexibility index (Phi) is 4.02. The van der Waals surface area contributed by atoms with Crippen LogP contribution < -0.4 is 0 Å². The number of hydrogen-bond donors (Lipinski definition) is 1. The highest BCUT2D eigenvalue weighted by Crippen LogP contribution is 2.34. The van der Waals surface area contributed by atoms with Crippen molar-refractivity contribution < 1.29 is 14.3 Å². The normalized spacial score (nSPS) is 10.5. The fourth-order valence-corrected chi connectivity index (χ4v) is 2.05. The molecule has 2 rings (SSSR count). The van der Waals surface area contributed by atoms with Crippen molar-refractivity contribution >= 4 is 29.2 Å². The van der Waals surface area contributed by atoms with Crippen LogP contribution in [0.3, 0.4) is 0 Å². The molecule has 0 saturated carbocycles. The topological polar surface area (TPSA) is 50.2 Å². The molecule has 0 fully saturated rings. The summed E-state index contributed by atoms with van der Waals surface area (Å²) in [4.78, 5) is 14.6. The number of hydrogen-bond acceptors (Lipinski definition) is 2. The molecule has 2 aromatic rings. The summed E-state index contributed by atoms with van der Waals surface area (Å²) in [6.07, 6.45) is 0.924. The van der Waals surface area contributed by atoms with E-state index in [1.165, 1.54) is 12.3 Å². The third kappa shape index (κ3) is 2.85. The Morgan fingerprint density at radius 3 is 2.74 bits per heavy atom. The Hall–Kier alpha value is -1.65. The number of pyridine rings is 1. The van der Waals surface area contributed by atoms with Crippen molar-refractivity contribution in [2.45, 2.75) is 6.42 Å². The van der Waals surface area contributed by atoms with E-state index in [-0.39, 0.29) is 21.3 Å². The van der Waals surface area contributed by atoms with Crippen LogP contribution in [0.25, 0.3) is 11.3 Å². The van der Waals surface area contributed by atoms with E-state index in [1.807, 2.05) is 0 Å². The zero-order valence-corrected chi connectivity index (χ0v) is 11.0. The summed E-state index contributed by atoms with van der Waals surface area (Å²) in [6, 6.07) is 6.09. The number of rotatable bonds is 3. The molecule has 6 heteroatoms. The predicted octanol–water partition coefficient (Wildman–Crippen LogP) is 3.82. The summed E-state index contributed by atoms with van der Waals surface area (Å²) in [5, 5.41) is 9.18. The molecule has 1 aromatic carbocycles. The molecule has 0 saturated heterocycles. The van der Waals surface area contributed by atoms with Crippen LogP contribution in [0.1, 0.15) is 5.56 Å². The van der Waals surface area contributed by atoms with Crippen molar-refractivity contribution in [1.82, 2.24) is 4.98 Å². The van der Waals surface area contributed by atoms with E-state index >= 15 is 0 Å². The van der Waals surface area contributed by atoms with Gasteiger partial charge in [0.05, 0.1) is 16.5 Å². The fourth-order valence-electron chi connectivity index (χ4n) is 1.66. The van der Waals surface area contributed by atoms with E-state index in [2.05, 4.69) is 4.98 Å². The van der Waals surface area contributed by atoms with Crippen molar-refractivity contribution in [2.24, 2.45) is 0 Å². The van der Waals surface area contributed by atoms with Gasteiger partial charge in [-0.3, -0.25) is 9.78 Å². The second kappa shape index (κ2) is 5.55. The molecule has 0 aliphatic heterocycles. The van der Waals surface area contributed by atoms with Gasteiger partial charge in [0, 0.05) is 17.3 Å². The number of halogens is 3. The van der Waals surface area contributed by atoms with Crippen molar-refractivity contribution in [3.8, 4) is 11.3 Å². The monoisotopic (exact) mass is 299 g/mol. The van der Waals surface area contributed by atoms with E-state index in [0.717, 1.165) is 0 Å². The maximum atomic E-state index is 14.2. The van der Waals surface area contributed by atoms with Crippen LogP contribution in [0.5, 0.6) is 0 Å². The van der Waals surface area contributed by atoms with Crippen molar-refractivity contribution in [3.05, 3.63) is 51.9 Å². The lowest BCUT2D eigenvalue weighted by Gasteiger charge is -2.08.